The zero-order chi connectivity index (χ0) is 40.3. The first-order valence-corrected chi connectivity index (χ1v) is 21.0. The monoisotopic (exact) mass is 804 g/mol. The van der Waals surface area contributed by atoms with Gasteiger partial charge in [0.05, 0.1) is 25.3 Å². The fourth-order valence-corrected chi connectivity index (χ4v) is 8.64. The molecule has 304 valence electrons. The predicted octanol–water partition coefficient (Wildman–Crippen LogP) is 2.50. The van der Waals surface area contributed by atoms with Crippen molar-refractivity contribution in [2.24, 2.45) is 0 Å². The molecule has 4 fully saturated rings. The van der Waals surface area contributed by atoms with Crippen LogP contribution < -0.4 is 9.42 Å². The Morgan fingerprint density at radius 2 is 1.77 bits per heavy atom. The van der Waals surface area contributed by atoms with Gasteiger partial charge in [0, 0.05) is 70.8 Å². The number of benzene rings is 2. The number of rotatable bonds is 14. The standard InChI is InChI=1S/C40H50FN8O7P/c1-3-17-47-28-39(51)48-35(22-30-14-15-33(23-34(30)41)56-57(53,54)55)40(52)46(27-37(48)49(47)38(50)16-13-29-9-6-5-7-10-29)24-31-11-8-12-36(42-31)45-25-32(26-45)44-20-18-43(4-2)19-21-44/h3,5-12,14-15,23,32,35,37H,1,4,13,16-22,24-28H2,2H3,(H2,53,54,55)/t35-,37?/m0/s1. The van der Waals surface area contributed by atoms with Gasteiger partial charge in [0.25, 0.3) is 0 Å². The fourth-order valence-electron chi connectivity index (χ4n) is 8.25. The molecular formula is C40H50FN8O7P. The third-order valence-electron chi connectivity index (χ3n) is 11.3. The summed E-state index contributed by atoms with van der Waals surface area (Å²) in [6.07, 6.45) is 1.04. The Morgan fingerprint density at radius 3 is 2.46 bits per heavy atom. The minimum Gasteiger partial charge on any atom is -0.404 e. The number of piperazine rings is 2. The van der Waals surface area contributed by atoms with Crippen LogP contribution in [0.3, 0.4) is 0 Å². The van der Waals surface area contributed by atoms with E-state index >= 15 is 4.39 Å². The first-order valence-electron chi connectivity index (χ1n) is 19.4. The highest BCUT2D eigenvalue weighted by Gasteiger charge is 2.51. The van der Waals surface area contributed by atoms with Gasteiger partial charge < -0.3 is 24.1 Å². The number of carbonyl (C=O) groups is 3. The minimum atomic E-state index is -4.95. The van der Waals surface area contributed by atoms with Crippen molar-refractivity contribution >= 4 is 31.4 Å². The molecule has 15 nitrogen and oxygen atoms in total. The van der Waals surface area contributed by atoms with Crippen molar-refractivity contribution in [2.45, 2.75) is 51.0 Å². The van der Waals surface area contributed by atoms with Crippen molar-refractivity contribution < 1.29 is 37.6 Å². The largest absolute Gasteiger partial charge is 0.524 e. The number of hydrazine groups is 1. The molecular weight excluding hydrogens is 754 g/mol. The highest BCUT2D eigenvalue weighted by molar-refractivity contribution is 7.46. The van der Waals surface area contributed by atoms with Crippen LogP contribution in [-0.2, 0) is 38.3 Å². The molecule has 17 heteroatoms. The molecule has 0 bridgehead atoms. The zero-order valence-electron chi connectivity index (χ0n) is 32.1. The number of aromatic nitrogens is 1. The molecule has 5 heterocycles. The Balaban J connectivity index is 1.15. The van der Waals surface area contributed by atoms with E-state index in [0.29, 0.717) is 18.2 Å². The lowest BCUT2D eigenvalue weighted by atomic mass is 9.97. The molecule has 0 aliphatic carbocycles. The third-order valence-corrected chi connectivity index (χ3v) is 11.7. The maximum atomic E-state index is 15.6. The van der Waals surface area contributed by atoms with Gasteiger partial charge in [-0.25, -0.2) is 24.0 Å². The van der Waals surface area contributed by atoms with Crippen LogP contribution in [0, 0.1) is 5.82 Å². The van der Waals surface area contributed by atoms with Gasteiger partial charge >= 0.3 is 7.82 Å². The number of carbonyl (C=O) groups excluding carboxylic acids is 3. The van der Waals surface area contributed by atoms with E-state index in [4.69, 9.17) is 4.98 Å². The maximum Gasteiger partial charge on any atom is 0.524 e. The Hall–Kier alpha value is -4.70. The molecule has 0 saturated carbocycles. The molecule has 57 heavy (non-hydrogen) atoms. The van der Waals surface area contributed by atoms with E-state index in [1.54, 1.807) is 21.0 Å². The Morgan fingerprint density at radius 1 is 1.02 bits per heavy atom. The second kappa shape index (κ2) is 17.4. The van der Waals surface area contributed by atoms with Crippen LogP contribution in [0.25, 0.3) is 0 Å². The molecule has 3 aromatic rings. The van der Waals surface area contributed by atoms with Crippen LogP contribution in [0.15, 0.2) is 79.4 Å². The lowest BCUT2D eigenvalue weighted by Crippen LogP contribution is -2.76. The van der Waals surface area contributed by atoms with E-state index in [1.165, 1.54) is 17.0 Å². The van der Waals surface area contributed by atoms with Crippen LogP contribution in [0.1, 0.15) is 30.2 Å². The number of hydrogen-bond donors (Lipinski definition) is 2. The summed E-state index contributed by atoms with van der Waals surface area (Å²) in [6.45, 7) is 13.1. The van der Waals surface area contributed by atoms with Gasteiger partial charge in [-0.3, -0.25) is 29.1 Å². The number of likely N-dealkylation sites (N-methyl/N-ethyl adjacent to an activating group) is 1. The number of hydrogen-bond acceptors (Lipinski definition) is 10. The smallest absolute Gasteiger partial charge is 0.404 e. The molecule has 4 aliphatic rings. The molecule has 7 rings (SSSR count). The van der Waals surface area contributed by atoms with E-state index in [1.807, 2.05) is 48.5 Å². The van der Waals surface area contributed by atoms with Gasteiger partial charge in [-0.1, -0.05) is 55.5 Å². The fraction of sp³-hybridized carbons (Fsp3) is 0.450. The summed E-state index contributed by atoms with van der Waals surface area (Å²) in [5.41, 5.74) is 1.63. The second-order valence-electron chi connectivity index (χ2n) is 14.9. The van der Waals surface area contributed by atoms with Gasteiger partial charge in [0.1, 0.15) is 29.6 Å². The molecule has 0 spiro atoms. The van der Waals surface area contributed by atoms with Crippen molar-refractivity contribution in [1.82, 2.24) is 34.6 Å². The van der Waals surface area contributed by atoms with Crippen LogP contribution in [-0.4, -0.2) is 146 Å². The number of nitrogens with zero attached hydrogens (tertiary/aromatic N) is 8. The van der Waals surface area contributed by atoms with Gasteiger partial charge in [0.2, 0.25) is 17.7 Å². The van der Waals surface area contributed by atoms with Gasteiger partial charge in [-0.2, -0.15) is 0 Å². The number of phosphoric ester groups is 1. The predicted molar refractivity (Wildman–Crippen MR) is 210 cm³/mol. The Bertz CT molecular complexity index is 1990. The topological polar surface area (TPSA) is 154 Å². The van der Waals surface area contributed by atoms with Crippen molar-refractivity contribution in [1.29, 1.82) is 0 Å². The van der Waals surface area contributed by atoms with Gasteiger partial charge in [-0.15, -0.1) is 6.58 Å². The summed E-state index contributed by atoms with van der Waals surface area (Å²) >= 11 is 0. The van der Waals surface area contributed by atoms with Crippen LogP contribution in [0.5, 0.6) is 5.75 Å². The minimum absolute atomic E-state index is 0.00915. The van der Waals surface area contributed by atoms with Crippen molar-refractivity contribution in [3.05, 3.63) is 102 Å². The molecule has 4 saturated heterocycles. The summed E-state index contributed by atoms with van der Waals surface area (Å²) in [6, 6.07) is 17.9. The SMILES string of the molecule is C=CCN1CC(=O)N2C(CN(Cc3cccc(N4CC(N5CCN(CC)CC5)C4)n3)C(=O)[C@@H]2Cc2ccc(OP(=O)(O)O)cc2F)N1C(=O)CCc1ccccc1. The number of phosphoric acid groups is 1. The molecule has 2 aromatic carbocycles. The van der Waals surface area contributed by atoms with E-state index < -0.39 is 37.7 Å². The molecule has 3 amide bonds. The summed E-state index contributed by atoms with van der Waals surface area (Å²) in [7, 11) is -4.95. The average Bonchev–Trinajstić information content (AvgIpc) is 3.16. The first kappa shape index (κ1) is 40.5. The summed E-state index contributed by atoms with van der Waals surface area (Å²) in [5.74, 6) is -1.54. The van der Waals surface area contributed by atoms with Crippen LogP contribution in [0.2, 0.25) is 0 Å². The normalized spacial score (nSPS) is 21.4. The molecule has 1 aromatic heterocycles. The molecule has 2 atom stereocenters. The van der Waals surface area contributed by atoms with Gasteiger partial charge in [0.15, 0.2) is 0 Å². The quantitative estimate of drug-likeness (QED) is 0.182. The Kier molecular flexibility index (Phi) is 12.4. The van der Waals surface area contributed by atoms with E-state index in [9.17, 15) is 28.7 Å². The Labute approximate surface area is 332 Å². The van der Waals surface area contributed by atoms with Crippen LogP contribution in [0.4, 0.5) is 10.2 Å². The molecule has 1 unspecified atom stereocenters. The average molecular weight is 805 g/mol. The van der Waals surface area contributed by atoms with E-state index in [2.05, 4.69) is 32.7 Å². The number of aryl methyl sites for hydroxylation is 1. The molecule has 4 aliphatic heterocycles. The van der Waals surface area contributed by atoms with Crippen LogP contribution >= 0.6 is 7.82 Å². The highest BCUT2D eigenvalue weighted by Crippen LogP contribution is 2.38. The zero-order valence-corrected chi connectivity index (χ0v) is 33.0. The van der Waals surface area contributed by atoms with Gasteiger partial charge in [-0.05, 0) is 42.3 Å². The van der Waals surface area contributed by atoms with Crippen molar-refractivity contribution in [2.75, 3.05) is 70.3 Å². The summed E-state index contributed by atoms with van der Waals surface area (Å²) in [5, 5.41) is 3.20. The van der Waals surface area contributed by atoms with Crippen molar-refractivity contribution in [3.8, 4) is 5.75 Å². The van der Waals surface area contributed by atoms with Crippen molar-refractivity contribution in [3.63, 3.8) is 0 Å². The second-order valence-corrected chi connectivity index (χ2v) is 16.1. The highest BCUT2D eigenvalue weighted by atomic mass is 31.2. The summed E-state index contributed by atoms with van der Waals surface area (Å²) in [4.78, 5) is 76.4. The lowest BCUT2D eigenvalue weighted by molar-refractivity contribution is -0.205. The van der Waals surface area contributed by atoms with E-state index in [0.717, 1.165) is 63.3 Å². The number of anilines is 1. The van der Waals surface area contributed by atoms with E-state index in [-0.39, 0.29) is 56.2 Å². The number of amides is 3. The number of halogens is 1. The molecule has 0 radical (unpaired) electrons. The first-order chi connectivity index (χ1) is 27.4. The maximum absolute atomic E-state index is 15.6. The number of fused-ring (bicyclic) bond motifs is 1. The summed E-state index contributed by atoms with van der Waals surface area (Å²) < 4.78 is 31.5. The molecule has 2 N–H and O–H groups in total. The number of pyridine rings is 1. The lowest BCUT2D eigenvalue weighted by Gasteiger charge is -2.55. The third kappa shape index (κ3) is 9.38.